The molecule has 6 heteroatoms. The van der Waals surface area contributed by atoms with Crippen molar-refractivity contribution in [2.24, 2.45) is 0 Å². The molecule has 0 unspecified atom stereocenters. The van der Waals surface area contributed by atoms with E-state index in [1.54, 1.807) is 0 Å². The molecule has 0 saturated carbocycles. The van der Waals surface area contributed by atoms with Crippen molar-refractivity contribution in [3.8, 4) is 5.75 Å². The summed E-state index contributed by atoms with van der Waals surface area (Å²) in [6.07, 6.45) is 0. The summed E-state index contributed by atoms with van der Waals surface area (Å²) in [5.41, 5.74) is 1.20. The van der Waals surface area contributed by atoms with E-state index >= 15 is 0 Å². The van der Waals surface area contributed by atoms with Gasteiger partial charge in [0.05, 0.1) is 0 Å². The van der Waals surface area contributed by atoms with Crippen LogP contribution in [-0.2, 0) is 6.54 Å². The average molecular weight is 608 g/mol. The number of hydrogen-bond donors (Lipinski definition) is 0. The van der Waals surface area contributed by atoms with Crippen LogP contribution in [0.15, 0.2) is 24.3 Å². The average Bonchev–Trinajstić information content (AvgIpc) is 2.54. The predicted octanol–water partition coefficient (Wildman–Crippen LogP) is 4.96. The van der Waals surface area contributed by atoms with Crippen LogP contribution >= 0.6 is 8.45 Å². The zero-order valence-corrected chi connectivity index (χ0v) is 23.4. The molecular formula is C22H41ClN3OPo. The van der Waals surface area contributed by atoms with Crippen molar-refractivity contribution >= 4 is 29.8 Å². The number of rotatable bonds is 11. The molecule has 0 atom stereocenters. The number of nitrogens with zero attached hydrogens (tertiary/aromatic N) is 3. The Bertz CT molecular complexity index is 545. The fourth-order valence-electron chi connectivity index (χ4n) is 3.74. The van der Waals surface area contributed by atoms with Gasteiger partial charge in [-0.3, -0.25) is 0 Å². The van der Waals surface area contributed by atoms with Crippen molar-refractivity contribution in [3.63, 3.8) is 0 Å². The molecule has 4 nitrogen and oxygen atoms in total. The van der Waals surface area contributed by atoms with Crippen LogP contribution in [0, 0.1) is 0 Å². The molecule has 0 bridgehead atoms. The van der Waals surface area contributed by atoms with Gasteiger partial charge >= 0.3 is 187 Å². The standard InChI is InChI=1S/C13H29N2.C9H13NO.ClH.Po/c1-10(2)14(11(3)4)9-15(12(5)6)13(7)8;1-10(2)7-8-5-3-4-6-9(8)11;;/h9-13H,1-8H3;3-6,11H,7H2,1-2H3;1H;/q;;;+2/p-2. The Kier molecular flexibility index (Phi) is 11.3. The Labute approximate surface area is 186 Å². The molecule has 0 aliphatic rings. The van der Waals surface area contributed by atoms with E-state index < -0.39 is 21.3 Å². The second-order valence-corrected chi connectivity index (χ2v) is 15.7. The second-order valence-electron chi connectivity index (χ2n) is 8.77. The van der Waals surface area contributed by atoms with E-state index in [2.05, 4.69) is 102 Å². The van der Waals surface area contributed by atoms with E-state index in [1.807, 2.05) is 6.07 Å². The Morgan fingerprint density at radius 2 is 1.25 bits per heavy atom. The molecular weight excluding hydrogens is 567 g/mol. The minimum atomic E-state index is -2.82. The normalized spacial score (nSPS) is 13.0. The van der Waals surface area contributed by atoms with E-state index in [-0.39, 0.29) is 3.82 Å². The summed E-state index contributed by atoms with van der Waals surface area (Å²) in [7, 11) is 11.4. The maximum absolute atomic E-state index is 7.23. The Morgan fingerprint density at radius 1 is 0.821 bits per heavy atom. The Hall–Kier alpha value is 0.0861. The molecule has 0 saturated heterocycles. The fourth-order valence-corrected chi connectivity index (χ4v) is 12.9. The molecule has 0 heterocycles. The molecule has 0 amide bonds. The quantitative estimate of drug-likeness (QED) is 0.331. The van der Waals surface area contributed by atoms with Gasteiger partial charge in [-0.15, -0.1) is 0 Å². The second kappa shape index (κ2) is 12.1. The van der Waals surface area contributed by atoms with E-state index in [9.17, 15) is 0 Å². The molecule has 0 aliphatic heterocycles. The van der Waals surface area contributed by atoms with Gasteiger partial charge in [0.2, 0.25) is 0 Å². The zero-order valence-electron chi connectivity index (χ0n) is 19.4. The third-order valence-corrected chi connectivity index (χ3v) is 11.1. The molecule has 163 valence electrons. The Morgan fingerprint density at radius 3 is 1.64 bits per heavy atom. The fraction of sp³-hybridized carbons (Fsp3) is 0.727. The first-order chi connectivity index (χ1) is 13.0. The first-order valence-corrected chi connectivity index (χ1v) is 17.4. The third-order valence-electron chi connectivity index (χ3n) is 4.69. The molecule has 1 rings (SSSR count). The summed E-state index contributed by atoms with van der Waals surface area (Å²) in [5.74, 6) is 0.949. The van der Waals surface area contributed by atoms with Crippen LogP contribution < -0.4 is 2.77 Å². The van der Waals surface area contributed by atoms with E-state index in [0.717, 1.165) is 12.3 Å². The van der Waals surface area contributed by atoms with Crippen LogP contribution in [-0.4, -0.2) is 78.1 Å². The molecule has 1 aromatic rings. The molecule has 28 heavy (non-hydrogen) atoms. The summed E-state index contributed by atoms with van der Waals surface area (Å²) >= 11 is -2.82. The van der Waals surface area contributed by atoms with Crippen molar-refractivity contribution in [2.45, 2.75) is 89.9 Å². The monoisotopic (exact) mass is 607 g/mol. The third kappa shape index (κ3) is 7.40. The first kappa shape index (κ1) is 26.1. The van der Waals surface area contributed by atoms with Crippen LogP contribution in [0.25, 0.3) is 0 Å². The van der Waals surface area contributed by atoms with Gasteiger partial charge in [-0.25, -0.2) is 0 Å². The number of hydrogen-bond acceptors (Lipinski definition) is 4. The topological polar surface area (TPSA) is 19.0 Å². The number of halogens is 1. The van der Waals surface area contributed by atoms with Gasteiger partial charge in [0.15, 0.2) is 0 Å². The Balaban J connectivity index is 3.30. The van der Waals surface area contributed by atoms with Crippen LogP contribution in [0.2, 0.25) is 0 Å². The summed E-state index contributed by atoms with van der Waals surface area (Å²) < 4.78 is 6.78. The van der Waals surface area contributed by atoms with E-state index in [0.29, 0.717) is 24.2 Å². The zero-order chi connectivity index (χ0) is 21.6. The molecule has 1 radical (unpaired) electrons. The van der Waals surface area contributed by atoms with Crippen molar-refractivity contribution < 1.29 is 2.77 Å². The molecule has 1 aromatic carbocycles. The summed E-state index contributed by atoms with van der Waals surface area (Å²) in [5, 5.41) is 0. The van der Waals surface area contributed by atoms with Crippen LogP contribution in [0.5, 0.6) is 5.75 Å². The molecule has 0 spiro atoms. The van der Waals surface area contributed by atoms with Gasteiger partial charge in [-0.1, -0.05) is 0 Å². The molecule has 0 aliphatic carbocycles. The van der Waals surface area contributed by atoms with Gasteiger partial charge < -0.3 is 0 Å². The maximum atomic E-state index is 7.23. The molecule has 0 aromatic heterocycles. The van der Waals surface area contributed by atoms with Gasteiger partial charge in [0, 0.05) is 0 Å². The minimum absolute atomic E-state index is 0.161. The summed E-state index contributed by atoms with van der Waals surface area (Å²) in [6, 6.07) is 9.94. The van der Waals surface area contributed by atoms with Gasteiger partial charge in [-0.2, -0.15) is 0 Å². The van der Waals surface area contributed by atoms with E-state index in [4.69, 9.17) is 11.2 Å². The summed E-state index contributed by atoms with van der Waals surface area (Å²) in [4.78, 5) is 7.27. The number of benzene rings is 1. The van der Waals surface area contributed by atoms with Crippen molar-refractivity contribution in [3.05, 3.63) is 29.8 Å². The predicted molar refractivity (Wildman–Crippen MR) is 124 cm³/mol. The van der Waals surface area contributed by atoms with Crippen LogP contribution in [0.4, 0.5) is 0 Å². The first-order valence-electron chi connectivity index (χ1n) is 10.3. The molecule has 0 N–H and O–H groups in total. The van der Waals surface area contributed by atoms with Gasteiger partial charge in [-0.05, 0) is 0 Å². The van der Waals surface area contributed by atoms with Crippen molar-refractivity contribution in [1.82, 2.24) is 14.7 Å². The van der Waals surface area contributed by atoms with Crippen molar-refractivity contribution in [2.75, 3.05) is 14.1 Å². The van der Waals surface area contributed by atoms with E-state index in [1.165, 1.54) is 5.56 Å². The number of para-hydroxylation sites is 1. The summed E-state index contributed by atoms with van der Waals surface area (Å²) in [6.45, 7) is 19.0. The van der Waals surface area contributed by atoms with Gasteiger partial charge in [0.25, 0.3) is 0 Å². The van der Waals surface area contributed by atoms with Crippen molar-refractivity contribution in [1.29, 1.82) is 0 Å². The van der Waals surface area contributed by atoms with Gasteiger partial charge in [0.1, 0.15) is 0 Å². The van der Waals surface area contributed by atoms with Crippen LogP contribution in [0.3, 0.4) is 0 Å². The van der Waals surface area contributed by atoms with Crippen LogP contribution in [0.1, 0.15) is 61.0 Å². The SMILES string of the molecule is CC(C)N(C(C)C)[CH](N(C(C)C)C(C)C)[Po]([Cl])[O]c1ccccc1CN(C)C. The molecule has 0 fully saturated rings.